The molecular weight excluding hydrogens is 155 g/mol. The molecule has 0 aliphatic heterocycles. The molecule has 0 rings (SSSR count). The van der Waals surface area contributed by atoms with E-state index in [-0.39, 0.29) is 6.54 Å². The molecule has 0 aromatic carbocycles. The minimum atomic E-state index is -4.04. The SMILES string of the molecule is [CH2]CN(CC)CCC(F)(F)F. The van der Waals surface area contributed by atoms with Crippen LogP contribution in [0.3, 0.4) is 0 Å². The lowest BCUT2D eigenvalue weighted by Gasteiger charge is -2.18. The molecule has 0 amide bonds. The van der Waals surface area contributed by atoms with E-state index in [0.717, 1.165) is 0 Å². The molecule has 0 fully saturated rings. The van der Waals surface area contributed by atoms with Crippen LogP contribution in [0.15, 0.2) is 0 Å². The van der Waals surface area contributed by atoms with Crippen LogP contribution < -0.4 is 0 Å². The van der Waals surface area contributed by atoms with Gasteiger partial charge in [0.1, 0.15) is 0 Å². The van der Waals surface area contributed by atoms with Crippen molar-refractivity contribution in [2.75, 3.05) is 19.6 Å². The second kappa shape index (κ2) is 4.59. The Kier molecular flexibility index (Phi) is 4.49. The highest BCUT2D eigenvalue weighted by atomic mass is 19.4. The minimum absolute atomic E-state index is 0.0590. The normalized spacial score (nSPS) is 12.5. The van der Waals surface area contributed by atoms with Crippen LogP contribution in [0.25, 0.3) is 0 Å². The first kappa shape index (κ1) is 10.8. The van der Waals surface area contributed by atoms with Gasteiger partial charge in [-0.1, -0.05) is 6.92 Å². The summed E-state index contributed by atoms with van der Waals surface area (Å²) < 4.78 is 34.9. The molecule has 0 saturated heterocycles. The second-order valence-corrected chi connectivity index (χ2v) is 2.30. The predicted octanol–water partition coefficient (Wildman–Crippen LogP) is 2.09. The van der Waals surface area contributed by atoms with Crippen molar-refractivity contribution in [2.45, 2.75) is 19.5 Å². The molecule has 1 nitrogen and oxygen atoms in total. The molecule has 0 N–H and O–H groups in total. The summed E-state index contributed by atoms with van der Waals surface area (Å²) in [6.45, 7) is 6.46. The average Bonchev–Trinajstić information content (AvgIpc) is 1.88. The van der Waals surface area contributed by atoms with Crippen molar-refractivity contribution in [3.8, 4) is 0 Å². The van der Waals surface area contributed by atoms with Gasteiger partial charge in [-0.25, -0.2) is 0 Å². The summed E-state index contributed by atoms with van der Waals surface area (Å²) in [4.78, 5) is 1.65. The smallest absolute Gasteiger partial charge is 0.303 e. The molecular formula is C7H13F3N. The molecule has 4 heteroatoms. The van der Waals surface area contributed by atoms with Crippen LogP contribution in [-0.2, 0) is 0 Å². The quantitative estimate of drug-likeness (QED) is 0.621. The second-order valence-electron chi connectivity index (χ2n) is 2.30. The molecule has 0 aliphatic rings. The Labute approximate surface area is 65.2 Å². The van der Waals surface area contributed by atoms with E-state index in [1.54, 1.807) is 4.90 Å². The molecule has 0 aromatic rings. The highest BCUT2D eigenvalue weighted by Gasteiger charge is 2.26. The summed E-state index contributed by atoms with van der Waals surface area (Å²) in [6, 6.07) is 0. The number of alkyl halides is 3. The van der Waals surface area contributed by atoms with Gasteiger partial charge in [0.15, 0.2) is 0 Å². The lowest BCUT2D eigenvalue weighted by atomic mass is 10.3. The Balaban J connectivity index is 3.51. The first-order valence-corrected chi connectivity index (χ1v) is 3.58. The molecule has 0 spiro atoms. The van der Waals surface area contributed by atoms with Gasteiger partial charge in [0.05, 0.1) is 6.42 Å². The number of hydrogen-bond donors (Lipinski definition) is 0. The fourth-order valence-corrected chi connectivity index (χ4v) is 0.713. The highest BCUT2D eigenvalue weighted by Crippen LogP contribution is 2.19. The molecule has 11 heavy (non-hydrogen) atoms. The van der Waals surface area contributed by atoms with E-state index >= 15 is 0 Å². The fraction of sp³-hybridized carbons (Fsp3) is 0.857. The van der Waals surface area contributed by atoms with Gasteiger partial charge in [0, 0.05) is 6.54 Å². The van der Waals surface area contributed by atoms with Gasteiger partial charge in [0.2, 0.25) is 0 Å². The molecule has 1 radical (unpaired) electrons. The van der Waals surface area contributed by atoms with Crippen LogP contribution in [0.1, 0.15) is 13.3 Å². The molecule has 0 aromatic heterocycles. The van der Waals surface area contributed by atoms with Crippen molar-refractivity contribution in [3.05, 3.63) is 6.92 Å². The largest absolute Gasteiger partial charge is 0.390 e. The van der Waals surface area contributed by atoms with Gasteiger partial charge < -0.3 is 4.90 Å². The Hall–Kier alpha value is -0.250. The Morgan fingerprint density at radius 1 is 1.36 bits per heavy atom. The van der Waals surface area contributed by atoms with Crippen molar-refractivity contribution in [1.82, 2.24) is 4.90 Å². The fourth-order valence-electron chi connectivity index (χ4n) is 0.713. The molecule has 0 heterocycles. The van der Waals surface area contributed by atoms with Crippen LogP contribution in [0.4, 0.5) is 13.2 Å². The maximum absolute atomic E-state index is 11.6. The van der Waals surface area contributed by atoms with Gasteiger partial charge in [-0.3, -0.25) is 0 Å². The third-order valence-corrected chi connectivity index (χ3v) is 1.47. The summed E-state index contributed by atoms with van der Waals surface area (Å²) in [5, 5.41) is 0. The highest BCUT2D eigenvalue weighted by molar-refractivity contribution is 4.59. The van der Waals surface area contributed by atoms with Crippen LogP contribution in [0.2, 0.25) is 0 Å². The Morgan fingerprint density at radius 3 is 2.18 bits per heavy atom. The molecule has 0 aliphatic carbocycles. The van der Waals surface area contributed by atoms with E-state index < -0.39 is 12.6 Å². The maximum Gasteiger partial charge on any atom is 0.390 e. The van der Waals surface area contributed by atoms with Crippen molar-refractivity contribution in [2.24, 2.45) is 0 Å². The number of nitrogens with zero attached hydrogens (tertiary/aromatic N) is 1. The first-order valence-electron chi connectivity index (χ1n) is 3.58. The predicted molar refractivity (Wildman–Crippen MR) is 38.1 cm³/mol. The van der Waals surface area contributed by atoms with Crippen molar-refractivity contribution in [3.63, 3.8) is 0 Å². The van der Waals surface area contributed by atoms with Crippen LogP contribution in [-0.4, -0.2) is 30.7 Å². The summed E-state index contributed by atoms with van der Waals surface area (Å²) >= 11 is 0. The van der Waals surface area contributed by atoms with Gasteiger partial charge in [-0.2, -0.15) is 13.2 Å². The summed E-state index contributed by atoms with van der Waals surface area (Å²) in [5.41, 5.74) is 0. The number of rotatable bonds is 4. The zero-order valence-corrected chi connectivity index (χ0v) is 6.62. The van der Waals surface area contributed by atoms with E-state index in [0.29, 0.717) is 13.1 Å². The zero-order valence-electron chi connectivity index (χ0n) is 6.62. The topological polar surface area (TPSA) is 3.24 Å². The zero-order chi connectivity index (χ0) is 8.91. The average molecular weight is 168 g/mol. The number of hydrogen-bond acceptors (Lipinski definition) is 1. The van der Waals surface area contributed by atoms with Crippen LogP contribution in [0.5, 0.6) is 0 Å². The summed E-state index contributed by atoms with van der Waals surface area (Å²) in [7, 11) is 0. The Morgan fingerprint density at radius 2 is 1.91 bits per heavy atom. The first-order chi connectivity index (χ1) is 4.99. The van der Waals surface area contributed by atoms with Gasteiger partial charge in [-0.15, -0.1) is 0 Å². The molecule has 67 valence electrons. The lowest BCUT2D eigenvalue weighted by molar-refractivity contribution is -0.137. The van der Waals surface area contributed by atoms with Gasteiger partial charge >= 0.3 is 6.18 Å². The third kappa shape index (κ3) is 6.16. The maximum atomic E-state index is 11.6. The van der Waals surface area contributed by atoms with E-state index in [1.165, 1.54) is 0 Å². The van der Waals surface area contributed by atoms with E-state index in [1.807, 2.05) is 6.92 Å². The third-order valence-electron chi connectivity index (χ3n) is 1.47. The van der Waals surface area contributed by atoms with Gasteiger partial charge in [-0.05, 0) is 20.0 Å². The molecule has 0 saturated carbocycles. The van der Waals surface area contributed by atoms with E-state index in [4.69, 9.17) is 0 Å². The number of halogens is 3. The van der Waals surface area contributed by atoms with Crippen molar-refractivity contribution in [1.29, 1.82) is 0 Å². The summed E-state index contributed by atoms with van der Waals surface area (Å²) in [6.07, 6.45) is -4.78. The van der Waals surface area contributed by atoms with Gasteiger partial charge in [0.25, 0.3) is 0 Å². The summed E-state index contributed by atoms with van der Waals surface area (Å²) in [5.74, 6) is 0. The molecule has 0 atom stereocenters. The molecule has 0 unspecified atom stereocenters. The standard InChI is InChI=1S/C7H13F3N/c1-3-11(4-2)6-5-7(8,9)10/h1,3-6H2,2H3. The van der Waals surface area contributed by atoms with Crippen LogP contribution in [0, 0.1) is 6.92 Å². The van der Waals surface area contributed by atoms with E-state index in [2.05, 4.69) is 6.92 Å². The van der Waals surface area contributed by atoms with Crippen molar-refractivity contribution < 1.29 is 13.2 Å². The molecule has 0 bridgehead atoms. The lowest BCUT2D eigenvalue weighted by Crippen LogP contribution is -2.27. The van der Waals surface area contributed by atoms with Crippen molar-refractivity contribution >= 4 is 0 Å². The monoisotopic (exact) mass is 168 g/mol. The minimum Gasteiger partial charge on any atom is -0.303 e. The Bertz CT molecular complexity index is 96.3. The van der Waals surface area contributed by atoms with E-state index in [9.17, 15) is 13.2 Å². The van der Waals surface area contributed by atoms with Crippen LogP contribution >= 0.6 is 0 Å².